The van der Waals surface area contributed by atoms with Gasteiger partial charge in [-0.05, 0) is 19.1 Å². The lowest BCUT2D eigenvalue weighted by Crippen LogP contribution is -2.22. The zero-order valence-electron chi connectivity index (χ0n) is 9.21. The van der Waals surface area contributed by atoms with Crippen molar-refractivity contribution in [1.82, 2.24) is 4.57 Å². The Morgan fingerprint density at radius 2 is 2.24 bits per heavy atom. The van der Waals surface area contributed by atoms with Gasteiger partial charge in [-0.1, -0.05) is 6.07 Å². The highest BCUT2D eigenvalue weighted by atomic mass is 16.4. The van der Waals surface area contributed by atoms with Gasteiger partial charge in [-0.2, -0.15) is 0 Å². The van der Waals surface area contributed by atoms with Crippen LogP contribution in [0, 0.1) is 6.92 Å². The molecule has 0 saturated heterocycles. The maximum atomic E-state index is 11.7. The maximum absolute atomic E-state index is 11.7. The number of furan rings is 1. The minimum absolute atomic E-state index is 0.0819. The standard InChI is InChI=1S/C12H11NO4/c1-8-3-2-5-13(11(8)14)7-10-9(12(15)16)4-6-17-10/h2-6H,7H2,1H3,(H,15,16). The summed E-state index contributed by atoms with van der Waals surface area (Å²) in [6, 6.07) is 4.82. The van der Waals surface area contributed by atoms with Crippen LogP contribution in [0.4, 0.5) is 0 Å². The first-order valence-electron chi connectivity index (χ1n) is 5.05. The van der Waals surface area contributed by atoms with E-state index < -0.39 is 5.97 Å². The number of aromatic carboxylic acids is 1. The number of carboxylic acids is 1. The van der Waals surface area contributed by atoms with E-state index in [9.17, 15) is 9.59 Å². The average molecular weight is 233 g/mol. The second-order valence-corrected chi connectivity index (χ2v) is 3.69. The fourth-order valence-corrected chi connectivity index (χ4v) is 1.59. The summed E-state index contributed by atoms with van der Waals surface area (Å²) in [7, 11) is 0. The van der Waals surface area contributed by atoms with E-state index in [1.54, 1.807) is 25.3 Å². The zero-order valence-corrected chi connectivity index (χ0v) is 9.21. The molecule has 0 amide bonds. The quantitative estimate of drug-likeness (QED) is 0.871. The molecule has 2 heterocycles. The molecule has 2 aromatic heterocycles. The first-order chi connectivity index (χ1) is 8.09. The van der Waals surface area contributed by atoms with E-state index in [-0.39, 0.29) is 23.4 Å². The summed E-state index contributed by atoms with van der Waals surface area (Å²) in [5.41, 5.74) is 0.537. The van der Waals surface area contributed by atoms with E-state index in [2.05, 4.69) is 0 Å². The molecule has 5 nitrogen and oxygen atoms in total. The topological polar surface area (TPSA) is 72.4 Å². The fraction of sp³-hybridized carbons (Fsp3) is 0.167. The smallest absolute Gasteiger partial charge is 0.339 e. The van der Waals surface area contributed by atoms with Crippen LogP contribution in [0.3, 0.4) is 0 Å². The molecule has 1 N–H and O–H groups in total. The highest BCUT2D eigenvalue weighted by Crippen LogP contribution is 2.11. The van der Waals surface area contributed by atoms with Crippen LogP contribution in [0.2, 0.25) is 0 Å². The Balaban J connectivity index is 2.38. The predicted molar refractivity (Wildman–Crippen MR) is 60.2 cm³/mol. The van der Waals surface area contributed by atoms with Crippen LogP contribution in [0.5, 0.6) is 0 Å². The van der Waals surface area contributed by atoms with Gasteiger partial charge in [0.15, 0.2) is 0 Å². The maximum Gasteiger partial charge on any atom is 0.339 e. The normalized spacial score (nSPS) is 10.4. The Bertz CT molecular complexity index is 609. The van der Waals surface area contributed by atoms with Gasteiger partial charge in [0.1, 0.15) is 11.3 Å². The van der Waals surface area contributed by atoms with Crippen molar-refractivity contribution in [3.8, 4) is 0 Å². The van der Waals surface area contributed by atoms with Crippen molar-refractivity contribution in [2.45, 2.75) is 13.5 Å². The Hall–Kier alpha value is -2.30. The van der Waals surface area contributed by atoms with Crippen molar-refractivity contribution in [2.75, 3.05) is 0 Å². The van der Waals surface area contributed by atoms with Gasteiger partial charge in [-0.3, -0.25) is 4.79 Å². The summed E-state index contributed by atoms with van der Waals surface area (Å²) in [5.74, 6) is -0.792. The van der Waals surface area contributed by atoms with Crippen LogP contribution in [0.25, 0.3) is 0 Å². The molecule has 0 aliphatic carbocycles. The van der Waals surface area contributed by atoms with E-state index in [1.165, 1.54) is 16.9 Å². The molecule has 0 aliphatic rings. The molecule has 0 radical (unpaired) electrons. The third-order valence-electron chi connectivity index (χ3n) is 2.50. The average Bonchev–Trinajstić information content (AvgIpc) is 2.73. The molecular formula is C12H11NO4. The van der Waals surface area contributed by atoms with Crippen molar-refractivity contribution in [3.63, 3.8) is 0 Å². The molecule has 0 atom stereocenters. The van der Waals surface area contributed by atoms with Gasteiger partial charge in [0.05, 0.1) is 12.8 Å². The van der Waals surface area contributed by atoms with Crippen molar-refractivity contribution < 1.29 is 14.3 Å². The van der Waals surface area contributed by atoms with Crippen LogP contribution in [0.15, 0.2) is 39.9 Å². The minimum Gasteiger partial charge on any atom is -0.478 e. The predicted octanol–water partition coefficient (Wildman–Crippen LogP) is 1.50. The summed E-state index contributed by atoms with van der Waals surface area (Å²) in [6.45, 7) is 1.83. The van der Waals surface area contributed by atoms with Gasteiger partial charge >= 0.3 is 5.97 Å². The van der Waals surface area contributed by atoms with Gasteiger partial charge in [0, 0.05) is 11.8 Å². The van der Waals surface area contributed by atoms with Gasteiger partial charge in [-0.25, -0.2) is 4.79 Å². The summed E-state index contributed by atoms with van der Waals surface area (Å²) >= 11 is 0. The Morgan fingerprint density at radius 3 is 2.94 bits per heavy atom. The number of hydrogen-bond donors (Lipinski definition) is 1. The van der Waals surface area contributed by atoms with Crippen LogP contribution >= 0.6 is 0 Å². The summed E-state index contributed by atoms with van der Waals surface area (Å²) in [5, 5.41) is 8.91. The second-order valence-electron chi connectivity index (χ2n) is 3.69. The second kappa shape index (κ2) is 4.29. The number of rotatable bonds is 3. The fourth-order valence-electron chi connectivity index (χ4n) is 1.59. The number of aryl methyl sites for hydroxylation is 1. The molecule has 2 aromatic rings. The molecule has 0 aliphatic heterocycles. The highest BCUT2D eigenvalue weighted by molar-refractivity contribution is 5.88. The number of carbonyl (C=O) groups is 1. The number of aromatic nitrogens is 1. The van der Waals surface area contributed by atoms with Gasteiger partial charge in [0.2, 0.25) is 0 Å². The molecule has 0 fully saturated rings. The summed E-state index contributed by atoms with van der Waals surface area (Å²) in [4.78, 5) is 22.6. The Labute approximate surface area is 96.9 Å². The lowest BCUT2D eigenvalue weighted by atomic mass is 10.2. The molecular weight excluding hydrogens is 222 g/mol. The molecule has 88 valence electrons. The van der Waals surface area contributed by atoms with Gasteiger partial charge in [0.25, 0.3) is 5.56 Å². The van der Waals surface area contributed by atoms with Crippen molar-refractivity contribution in [1.29, 1.82) is 0 Å². The summed E-state index contributed by atoms with van der Waals surface area (Å²) in [6.07, 6.45) is 2.91. The van der Waals surface area contributed by atoms with Crippen molar-refractivity contribution >= 4 is 5.97 Å². The van der Waals surface area contributed by atoms with E-state index in [1.807, 2.05) is 0 Å². The van der Waals surface area contributed by atoms with Crippen LogP contribution < -0.4 is 5.56 Å². The monoisotopic (exact) mass is 233 g/mol. The van der Waals surface area contributed by atoms with E-state index in [0.29, 0.717) is 5.56 Å². The van der Waals surface area contributed by atoms with Gasteiger partial charge in [-0.15, -0.1) is 0 Å². The Morgan fingerprint density at radius 1 is 1.47 bits per heavy atom. The SMILES string of the molecule is Cc1cccn(Cc2occc2C(=O)O)c1=O. The van der Waals surface area contributed by atoms with E-state index >= 15 is 0 Å². The van der Waals surface area contributed by atoms with E-state index in [0.717, 1.165) is 0 Å². The molecule has 0 saturated carbocycles. The summed E-state index contributed by atoms with van der Waals surface area (Å²) < 4.78 is 6.50. The largest absolute Gasteiger partial charge is 0.478 e. The van der Waals surface area contributed by atoms with Crippen LogP contribution in [0.1, 0.15) is 21.7 Å². The molecule has 0 unspecified atom stereocenters. The highest BCUT2D eigenvalue weighted by Gasteiger charge is 2.14. The Kier molecular flexibility index (Phi) is 2.82. The zero-order chi connectivity index (χ0) is 12.4. The first-order valence-corrected chi connectivity index (χ1v) is 5.05. The van der Waals surface area contributed by atoms with Gasteiger partial charge < -0.3 is 14.1 Å². The lowest BCUT2D eigenvalue weighted by molar-refractivity contribution is 0.0694. The molecule has 0 bridgehead atoms. The first kappa shape index (κ1) is 11.2. The molecule has 17 heavy (non-hydrogen) atoms. The molecule has 2 rings (SSSR count). The number of hydrogen-bond acceptors (Lipinski definition) is 3. The van der Waals surface area contributed by atoms with Crippen molar-refractivity contribution in [2.24, 2.45) is 0 Å². The van der Waals surface area contributed by atoms with Crippen LogP contribution in [-0.2, 0) is 6.54 Å². The number of carboxylic acid groups (broad SMARTS) is 1. The number of pyridine rings is 1. The minimum atomic E-state index is -1.06. The van der Waals surface area contributed by atoms with E-state index in [4.69, 9.17) is 9.52 Å². The molecule has 0 spiro atoms. The van der Waals surface area contributed by atoms with Crippen molar-refractivity contribution in [3.05, 3.63) is 57.9 Å². The number of nitrogens with zero attached hydrogens (tertiary/aromatic N) is 1. The molecule has 0 aromatic carbocycles. The molecule has 5 heteroatoms. The third-order valence-corrected chi connectivity index (χ3v) is 2.50. The van der Waals surface area contributed by atoms with Crippen LogP contribution in [-0.4, -0.2) is 15.6 Å². The lowest BCUT2D eigenvalue weighted by Gasteiger charge is -2.04. The third kappa shape index (κ3) is 2.13.